The Balaban J connectivity index is 2.42. The summed E-state index contributed by atoms with van der Waals surface area (Å²) in [4.78, 5) is 2.29. The van der Waals surface area contributed by atoms with Crippen LogP contribution in [0.4, 0.5) is 0 Å². The highest BCUT2D eigenvalue weighted by molar-refractivity contribution is 7.91. The Hall–Kier alpha value is -0.130. The molecule has 0 aromatic heterocycles. The Morgan fingerprint density at radius 3 is 2.18 bits per heavy atom. The Bertz CT molecular complexity index is 304. The number of nitrogens with one attached hydrogen (secondary N) is 1. The summed E-state index contributed by atoms with van der Waals surface area (Å²) in [6.07, 6.45) is 2.19. The van der Waals surface area contributed by atoms with Crippen LogP contribution in [0.15, 0.2) is 0 Å². The van der Waals surface area contributed by atoms with Gasteiger partial charge in [0.1, 0.15) is 0 Å². The van der Waals surface area contributed by atoms with Gasteiger partial charge in [-0.1, -0.05) is 6.92 Å². The molecule has 1 heterocycles. The molecule has 0 radical (unpaired) electrons. The lowest BCUT2D eigenvalue weighted by atomic mass is 10.1. The molecule has 0 aromatic carbocycles. The molecule has 1 saturated heterocycles. The molecule has 4 nitrogen and oxygen atoms in total. The van der Waals surface area contributed by atoms with Gasteiger partial charge in [-0.05, 0) is 39.8 Å². The zero-order valence-electron chi connectivity index (χ0n) is 11.3. The van der Waals surface area contributed by atoms with Crippen LogP contribution < -0.4 is 5.32 Å². The zero-order valence-corrected chi connectivity index (χ0v) is 12.1. The van der Waals surface area contributed by atoms with Gasteiger partial charge in [0, 0.05) is 24.4 Å². The van der Waals surface area contributed by atoms with E-state index in [0.29, 0.717) is 24.4 Å². The lowest BCUT2D eigenvalue weighted by Gasteiger charge is -2.30. The van der Waals surface area contributed by atoms with Gasteiger partial charge >= 0.3 is 0 Å². The highest BCUT2D eigenvalue weighted by Gasteiger charge is 2.17. The van der Waals surface area contributed by atoms with E-state index in [2.05, 4.69) is 24.1 Å². The molecule has 0 spiro atoms. The lowest BCUT2D eigenvalue weighted by molar-refractivity contribution is 0.228. The van der Waals surface area contributed by atoms with Crippen molar-refractivity contribution in [2.75, 3.05) is 31.1 Å². The van der Waals surface area contributed by atoms with E-state index < -0.39 is 9.84 Å². The highest BCUT2D eigenvalue weighted by Crippen LogP contribution is 2.06. The van der Waals surface area contributed by atoms with Gasteiger partial charge in [0.15, 0.2) is 9.84 Å². The first kappa shape index (κ1) is 14.9. The van der Waals surface area contributed by atoms with Crippen LogP contribution in [0.25, 0.3) is 0 Å². The molecule has 17 heavy (non-hydrogen) atoms. The molecule has 2 unspecified atom stereocenters. The SMILES string of the molecule is CCS(=O)(=O)CCN1CCC(C)NC(C)CC1. The Morgan fingerprint density at radius 1 is 1.18 bits per heavy atom. The first-order valence-electron chi connectivity index (χ1n) is 6.62. The van der Waals surface area contributed by atoms with Crippen molar-refractivity contribution in [1.82, 2.24) is 10.2 Å². The van der Waals surface area contributed by atoms with Gasteiger partial charge in [0.05, 0.1) is 5.75 Å². The number of rotatable bonds is 4. The number of nitrogens with zero attached hydrogens (tertiary/aromatic N) is 1. The molecule has 1 aliphatic heterocycles. The summed E-state index contributed by atoms with van der Waals surface area (Å²) in [6.45, 7) is 8.80. The molecule has 1 fully saturated rings. The van der Waals surface area contributed by atoms with E-state index in [1.54, 1.807) is 6.92 Å². The smallest absolute Gasteiger partial charge is 0.151 e. The van der Waals surface area contributed by atoms with Crippen LogP contribution in [0.2, 0.25) is 0 Å². The summed E-state index contributed by atoms with van der Waals surface area (Å²) in [5.74, 6) is 0.564. The molecule has 0 saturated carbocycles. The van der Waals surface area contributed by atoms with Gasteiger partial charge in [0.2, 0.25) is 0 Å². The average Bonchev–Trinajstić information content (AvgIpc) is 2.26. The first-order valence-corrected chi connectivity index (χ1v) is 8.44. The molecule has 1 rings (SSSR count). The van der Waals surface area contributed by atoms with Crippen molar-refractivity contribution in [2.24, 2.45) is 0 Å². The van der Waals surface area contributed by atoms with E-state index >= 15 is 0 Å². The standard InChI is InChI=1S/C12H26N2O2S/c1-4-17(15,16)10-9-14-7-5-11(2)13-12(3)6-8-14/h11-13H,4-10H2,1-3H3. The van der Waals surface area contributed by atoms with Crippen molar-refractivity contribution >= 4 is 9.84 Å². The second-order valence-electron chi connectivity index (χ2n) is 5.12. The minimum atomic E-state index is -2.82. The van der Waals surface area contributed by atoms with Crippen LogP contribution in [-0.2, 0) is 9.84 Å². The summed E-state index contributed by atoms with van der Waals surface area (Å²) in [5, 5.41) is 3.54. The third-order valence-corrected chi connectivity index (χ3v) is 5.17. The van der Waals surface area contributed by atoms with Gasteiger partial charge in [-0.15, -0.1) is 0 Å². The molecule has 0 amide bonds. The quantitative estimate of drug-likeness (QED) is 0.817. The van der Waals surface area contributed by atoms with E-state index in [9.17, 15) is 8.42 Å². The van der Waals surface area contributed by atoms with Crippen LogP contribution >= 0.6 is 0 Å². The maximum absolute atomic E-state index is 11.5. The molecule has 0 aliphatic carbocycles. The van der Waals surface area contributed by atoms with Crippen molar-refractivity contribution in [3.05, 3.63) is 0 Å². The fourth-order valence-electron chi connectivity index (χ4n) is 2.15. The third kappa shape index (κ3) is 5.84. The van der Waals surface area contributed by atoms with Gasteiger partial charge in [-0.25, -0.2) is 8.42 Å². The summed E-state index contributed by atoms with van der Waals surface area (Å²) in [5.41, 5.74) is 0. The number of hydrogen-bond donors (Lipinski definition) is 1. The average molecular weight is 262 g/mol. The van der Waals surface area contributed by atoms with Gasteiger partial charge in [-0.3, -0.25) is 0 Å². The van der Waals surface area contributed by atoms with E-state index in [1.807, 2.05) is 0 Å². The maximum atomic E-state index is 11.5. The topological polar surface area (TPSA) is 49.4 Å². The summed E-state index contributed by atoms with van der Waals surface area (Å²) < 4.78 is 23.0. The van der Waals surface area contributed by atoms with Crippen LogP contribution in [0.3, 0.4) is 0 Å². The monoisotopic (exact) mass is 262 g/mol. The van der Waals surface area contributed by atoms with Crippen molar-refractivity contribution in [1.29, 1.82) is 0 Å². The molecule has 5 heteroatoms. The third-order valence-electron chi connectivity index (χ3n) is 3.48. The van der Waals surface area contributed by atoms with Gasteiger partial charge < -0.3 is 10.2 Å². The Labute approximate surface area is 106 Å². The molecule has 1 aliphatic rings. The normalized spacial score (nSPS) is 28.6. The number of sulfone groups is 1. The lowest BCUT2D eigenvalue weighted by Crippen LogP contribution is -2.44. The van der Waals surface area contributed by atoms with Crippen molar-refractivity contribution in [3.63, 3.8) is 0 Å². The zero-order chi connectivity index (χ0) is 12.9. The van der Waals surface area contributed by atoms with Crippen LogP contribution in [0, 0.1) is 0 Å². The van der Waals surface area contributed by atoms with E-state index in [-0.39, 0.29) is 5.75 Å². The molecule has 0 bridgehead atoms. The fraction of sp³-hybridized carbons (Fsp3) is 1.00. The molecule has 102 valence electrons. The summed E-state index contributed by atoms with van der Waals surface area (Å²) >= 11 is 0. The minimum Gasteiger partial charge on any atom is -0.312 e. The van der Waals surface area contributed by atoms with Crippen LogP contribution in [0.1, 0.15) is 33.6 Å². The second-order valence-corrected chi connectivity index (χ2v) is 7.60. The van der Waals surface area contributed by atoms with E-state index in [4.69, 9.17) is 0 Å². The molecular weight excluding hydrogens is 236 g/mol. The maximum Gasteiger partial charge on any atom is 0.151 e. The first-order chi connectivity index (χ1) is 7.93. The number of hydrogen-bond acceptors (Lipinski definition) is 4. The van der Waals surface area contributed by atoms with Crippen LogP contribution in [0.5, 0.6) is 0 Å². The van der Waals surface area contributed by atoms with Crippen LogP contribution in [-0.4, -0.2) is 56.5 Å². The van der Waals surface area contributed by atoms with Crippen molar-refractivity contribution in [2.45, 2.75) is 45.7 Å². The second kappa shape index (κ2) is 6.71. The molecular formula is C12H26N2O2S. The Morgan fingerprint density at radius 2 is 1.71 bits per heavy atom. The molecule has 2 atom stereocenters. The molecule has 1 N–H and O–H groups in total. The van der Waals surface area contributed by atoms with E-state index in [0.717, 1.165) is 25.9 Å². The van der Waals surface area contributed by atoms with Gasteiger partial charge in [-0.2, -0.15) is 0 Å². The van der Waals surface area contributed by atoms with E-state index in [1.165, 1.54) is 0 Å². The molecule has 0 aromatic rings. The largest absolute Gasteiger partial charge is 0.312 e. The fourth-order valence-corrected chi connectivity index (χ4v) is 2.98. The predicted molar refractivity (Wildman–Crippen MR) is 72.1 cm³/mol. The summed E-state index contributed by atoms with van der Waals surface area (Å²) in [7, 11) is -2.82. The highest BCUT2D eigenvalue weighted by atomic mass is 32.2. The Kier molecular flexibility index (Phi) is 5.89. The van der Waals surface area contributed by atoms with Crippen molar-refractivity contribution in [3.8, 4) is 0 Å². The van der Waals surface area contributed by atoms with Gasteiger partial charge in [0.25, 0.3) is 0 Å². The predicted octanol–water partition coefficient (Wildman–Crippen LogP) is 0.884. The van der Waals surface area contributed by atoms with Crippen molar-refractivity contribution < 1.29 is 8.42 Å². The minimum absolute atomic E-state index is 0.259. The summed E-state index contributed by atoms with van der Waals surface area (Å²) in [6, 6.07) is 1.05.